The molecule has 0 bridgehead atoms. The Bertz CT molecular complexity index is 447. The summed E-state index contributed by atoms with van der Waals surface area (Å²) in [6.07, 6.45) is -3.37. The van der Waals surface area contributed by atoms with E-state index in [1.54, 1.807) is 0 Å². The number of carbonyl (C=O) groups is 1. The molecule has 2 nitrogen and oxygen atoms in total. The van der Waals surface area contributed by atoms with E-state index in [4.69, 9.17) is 4.74 Å². The van der Waals surface area contributed by atoms with Gasteiger partial charge in [-0.2, -0.15) is 13.2 Å². The van der Waals surface area contributed by atoms with Gasteiger partial charge in [0.05, 0.1) is 12.7 Å². The maximum atomic E-state index is 12.6. The Labute approximate surface area is 96.7 Å². The molecule has 0 aromatic heterocycles. The Morgan fingerprint density at radius 2 is 1.88 bits per heavy atom. The molecular weight excluding hydrogens is 233 g/mol. The van der Waals surface area contributed by atoms with Crippen LogP contribution in [0.2, 0.25) is 0 Å². The van der Waals surface area contributed by atoms with Gasteiger partial charge in [0.2, 0.25) is 0 Å². The van der Waals surface area contributed by atoms with E-state index < -0.39 is 17.5 Å². The fourth-order valence-electron chi connectivity index (χ4n) is 1.33. The van der Waals surface area contributed by atoms with Crippen LogP contribution in [0.1, 0.15) is 18.1 Å². The molecule has 0 radical (unpaired) electrons. The van der Waals surface area contributed by atoms with Crippen LogP contribution in [-0.4, -0.2) is 12.9 Å². The molecule has 1 aromatic carbocycles. The van der Waals surface area contributed by atoms with Crippen LogP contribution in [0.5, 0.6) is 0 Å². The molecule has 0 saturated carbocycles. The van der Waals surface area contributed by atoms with E-state index in [9.17, 15) is 18.0 Å². The van der Waals surface area contributed by atoms with E-state index in [1.165, 1.54) is 32.2 Å². The van der Waals surface area contributed by atoms with Gasteiger partial charge in [-0.15, -0.1) is 0 Å². The molecule has 0 aliphatic rings. The van der Waals surface area contributed by atoms with E-state index in [-0.39, 0.29) is 11.3 Å². The van der Waals surface area contributed by atoms with Gasteiger partial charge in [-0.1, -0.05) is 18.2 Å². The van der Waals surface area contributed by atoms with Crippen molar-refractivity contribution >= 4 is 11.9 Å². The second-order valence-electron chi connectivity index (χ2n) is 3.35. The van der Waals surface area contributed by atoms with Crippen molar-refractivity contribution < 1.29 is 22.7 Å². The highest BCUT2D eigenvalue weighted by Gasteiger charge is 2.32. The van der Waals surface area contributed by atoms with Crippen LogP contribution >= 0.6 is 0 Å². The van der Waals surface area contributed by atoms with Crippen molar-refractivity contribution in [1.82, 2.24) is 0 Å². The Kier molecular flexibility index (Phi) is 3.93. The Hall–Kier alpha value is -1.78. The number of ketones is 1. The number of carbonyl (C=O) groups excluding carboxylic acids is 1. The molecule has 1 rings (SSSR count). The number of methoxy groups -OCH3 is 1. The fourth-order valence-corrected chi connectivity index (χ4v) is 1.33. The van der Waals surface area contributed by atoms with E-state index in [0.717, 1.165) is 12.1 Å². The van der Waals surface area contributed by atoms with Gasteiger partial charge >= 0.3 is 6.18 Å². The van der Waals surface area contributed by atoms with E-state index in [2.05, 4.69) is 0 Å². The number of allylic oxidation sites excluding steroid dienone is 1. The minimum Gasteiger partial charge on any atom is -0.493 e. The first-order chi connectivity index (χ1) is 7.86. The maximum Gasteiger partial charge on any atom is 0.416 e. The highest BCUT2D eigenvalue weighted by molar-refractivity contribution is 5.95. The summed E-state index contributed by atoms with van der Waals surface area (Å²) in [6, 6.07) is 5.00. The highest BCUT2D eigenvalue weighted by Crippen LogP contribution is 2.32. The van der Waals surface area contributed by atoms with E-state index >= 15 is 0 Å². The summed E-state index contributed by atoms with van der Waals surface area (Å²) in [5.74, 6) is -0.536. The van der Waals surface area contributed by atoms with Crippen molar-refractivity contribution in [3.05, 3.63) is 41.2 Å². The molecule has 0 fully saturated rings. The molecule has 92 valence electrons. The lowest BCUT2D eigenvalue weighted by Crippen LogP contribution is -2.08. The quantitative estimate of drug-likeness (QED) is 0.602. The van der Waals surface area contributed by atoms with Gasteiger partial charge in [0.25, 0.3) is 0 Å². The van der Waals surface area contributed by atoms with Gasteiger partial charge in [0.15, 0.2) is 11.5 Å². The zero-order valence-corrected chi connectivity index (χ0v) is 9.34. The summed E-state index contributed by atoms with van der Waals surface area (Å²) in [6.45, 7) is 1.23. The zero-order chi connectivity index (χ0) is 13.1. The predicted octanol–water partition coefficient (Wildman–Crippen LogP) is 3.28. The number of hydrogen-bond acceptors (Lipinski definition) is 2. The molecular formula is C12H11F3O2. The second-order valence-corrected chi connectivity index (χ2v) is 3.35. The number of halogens is 3. The summed E-state index contributed by atoms with van der Waals surface area (Å²) >= 11 is 0. The minimum absolute atomic E-state index is 0.0907. The van der Waals surface area contributed by atoms with Crippen LogP contribution in [-0.2, 0) is 15.7 Å². The van der Waals surface area contributed by atoms with Crippen molar-refractivity contribution in [3.8, 4) is 0 Å². The molecule has 0 N–H and O–H groups in total. The lowest BCUT2D eigenvalue weighted by molar-refractivity contribution is -0.137. The van der Waals surface area contributed by atoms with Crippen LogP contribution in [0.25, 0.3) is 6.08 Å². The first-order valence-corrected chi connectivity index (χ1v) is 4.79. The van der Waals surface area contributed by atoms with Crippen molar-refractivity contribution in [1.29, 1.82) is 0 Å². The standard InChI is InChI=1S/C12H11F3O2/c1-8(16)11(17-2)7-9-5-3-4-6-10(9)12(13,14)15/h3-7H,1-2H3. The zero-order valence-electron chi connectivity index (χ0n) is 9.34. The van der Waals surface area contributed by atoms with Gasteiger partial charge in [0, 0.05) is 6.92 Å². The number of benzene rings is 1. The third-order valence-corrected chi connectivity index (χ3v) is 2.12. The summed E-state index contributed by atoms with van der Waals surface area (Å²) in [5.41, 5.74) is -0.886. The molecule has 0 unspecified atom stereocenters. The maximum absolute atomic E-state index is 12.6. The highest BCUT2D eigenvalue weighted by atomic mass is 19.4. The molecule has 5 heteroatoms. The average Bonchev–Trinajstić information content (AvgIpc) is 2.24. The minimum atomic E-state index is -4.46. The van der Waals surface area contributed by atoms with Crippen LogP contribution in [0.15, 0.2) is 30.0 Å². The normalized spacial score (nSPS) is 12.4. The molecule has 0 amide bonds. The van der Waals surface area contributed by atoms with Crippen molar-refractivity contribution in [2.75, 3.05) is 7.11 Å². The smallest absolute Gasteiger partial charge is 0.416 e. The molecule has 0 atom stereocenters. The van der Waals surface area contributed by atoms with Crippen molar-refractivity contribution in [2.24, 2.45) is 0 Å². The predicted molar refractivity (Wildman–Crippen MR) is 57.1 cm³/mol. The van der Waals surface area contributed by atoms with Crippen LogP contribution < -0.4 is 0 Å². The first-order valence-electron chi connectivity index (χ1n) is 4.79. The summed E-state index contributed by atoms with van der Waals surface area (Å²) in [7, 11) is 1.24. The Morgan fingerprint density at radius 3 is 2.35 bits per heavy atom. The Balaban J connectivity index is 3.28. The van der Waals surface area contributed by atoms with Crippen LogP contribution in [0, 0.1) is 0 Å². The lowest BCUT2D eigenvalue weighted by atomic mass is 10.1. The van der Waals surface area contributed by atoms with Gasteiger partial charge < -0.3 is 4.74 Å². The first kappa shape index (κ1) is 13.3. The number of hydrogen-bond donors (Lipinski definition) is 0. The molecule has 0 saturated heterocycles. The van der Waals surface area contributed by atoms with E-state index in [1.807, 2.05) is 0 Å². The van der Waals surface area contributed by atoms with Gasteiger partial charge in [-0.25, -0.2) is 0 Å². The molecule has 0 aliphatic carbocycles. The monoisotopic (exact) mass is 244 g/mol. The molecule has 0 spiro atoms. The third kappa shape index (κ3) is 3.34. The largest absolute Gasteiger partial charge is 0.493 e. The van der Waals surface area contributed by atoms with Gasteiger partial charge in [-0.3, -0.25) is 4.79 Å². The summed E-state index contributed by atoms with van der Waals surface area (Å²) in [4.78, 5) is 11.1. The number of ether oxygens (including phenoxy) is 1. The average molecular weight is 244 g/mol. The molecule has 0 heterocycles. The topological polar surface area (TPSA) is 26.3 Å². The number of rotatable bonds is 3. The molecule has 0 aliphatic heterocycles. The van der Waals surface area contributed by atoms with Crippen LogP contribution in [0.4, 0.5) is 13.2 Å². The van der Waals surface area contributed by atoms with E-state index in [0.29, 0.717) is 0 Å². The summed E-state index contributed by atoms with van der Waals surface area (Å²) in [5, 5.41) is 0. The number of alkyl halides is 3. The van der Waals surface area contributed by atoms with Crippen molar-refractivity contribution in [2.45, 2.75) is 13.1 Å². The number of Topliss-reactive ketones (excluding diaryl/α,β-unsaturated/α-hetero) is 1. The lowest BCUT2D eigenvalue weighted by Gasteiger charge is -2.10. The summed E-state index contributed by atoms with van der Waals surface area (Å²) < 4.78 is 42.7. The second kappa shape index (κ2) is 5.03. The Morgan fingerprint density at radius 1 is 1.29 bits per heavy atom. The SMILES string of the molecule is COC(=Cc1ccccc1C(F)(F)F)C(C)=O. The van der Waals surface area contributed by atoms with Crippen molar-refractivity contribution in [3.63, 3.8) is 0 Å². The third-order valence-electron chi connectivity index (χ3n) is 2.12. The molecule has 17 heavy (non-hydrogen) atoms. The van der Waals surface area contributed by atoms with Gasteiger partial charge in [-0.05, 0) is 17.7 Å². The van der Waals surface area contributed by atoms with Crippen LogP contribution in [0.3, 0.4) is 0 Å². The van der Waals surface area contributed by atoms with Gasteiger partial charge in [0.1, 0.15) is 0 Å². The molecule has 1 aromatic rings. The fraction of sp³-hybridized carbons (Fsp3) is 0.250.